The van der Waals surface area contributed by atoms with E-state index in [2.05, 4.69) is 21.1 Å². The predicted octanol–water partition coefficient (Wildman–Crippen LogP) is 1.59. The fourth-order valence-corrected chi connectivity index (χ4v) is 2.65. The van der Waals surface area contributed by atoms with Gasteiger partial charge in [0.2, 0.25) is 5.82 Å². The molecule has 21 heavy (non-hydrogen) atoms. The number of primary amides is 1. The zero-order chi connectivity index (χ0) is 14.8. The number of fused-ring (bicyclic) bond motifs is 1. The maximum absolute atomic E-state index is 11.1. The molecule has 1 aromatic heterocycles. The van der Waals surface area contributed by atoms with Crippen LogP contribution >= 0.6 is 11.6 Å². The summed E-state index contributed by atoms with van der Waals surface area (Å²) < 4.78 is 0. The largest absolute Gasteiger partial charge is 0.363 e. The monoisotopic (exact) mass is 301 g/mol. The molecule has 1 radical (unpaired) electrons. The first kappa shape index (κ1) is 14.0. The summed E-state index contributed by atoms with van der Waals surface area (Å²) in [5.41, 5.74) is 8.15. The van der Waals surface area contributed by atoms with E-state index in [-0.39, 0.29) is 5.82 Å². The van der Waals surface area contributed by atoms with Gasteiger partial charge in [-0.25, -0.2) is 9.97 Å². The average molecular weight is 302 g/mol. The third-order valence-electron chi connectivity index (χ3n) is 3.45. The predicted molar refractivity (Wildman–Crippen MR) is 78.7 cm³/mol. The van der Waals surface area contributed by atoms with Crippen molar-refractivity contribution in [1.29, 1.82) is 0 Å². The third kappa shape index (κ3) is 3.20. The van der Waals surface area contributed by atoms with Crippen LogP contribution in [0.1, 0.15) is 27.4 Å². The molecule has 2 N–H and O–H groups in total. The van der Waals surface area contributed by atoms with Gasteiger partial charge in [-0.1, -0.05) is 23.7 Å². The smallest absolute Gasteiger partial charge is 0.286 e. The van der Waals surface area contributed by atoms with E-state index in [1.54, 1.807) is 0 Å². The molecule has 107 valence electrons. The van der Waals surface area contributed by atoms with Gasteiger partial charge in [0.05, 0.1) is 11.9 Å². The van der Waals surface area contributed by atoms with Crippen molar-refractivity contribution in [2.24, 2.45) is 5.73 Å². The first-order chi connectivity index (χ1) is 10.1. The lowest BCUT2D eigenvalue weighted by Crippen LogP contribution is -2.32. The minimum Gasteiger partial charge on any atom is -0.363 e. The third-order valence-corrected chi connectivity index (χ3v) is 3.69. The topological polar surface area (TPSA) is 72.1 Å². The molecule has 0 atom stereocenters. The lowest BCUT2D eigenvalue weighted by molar-refractivity contribution is 0.0989. The van der Waals surface area contributed by atoms with E-state index in [1.165, 1.54) is 0 Å². The van der Waals surface area contributed by atoms with E-state index in [0.717, 1.165) is 41.4 Å². The number of nitrogens with zero attached hydrogens (tertiary/aromatic N) is 3. The first-order valence-corrected chi connectivity index (χ1v) is 7.03. The second kappa shape index (κ2) is 5.79. The van der Waals surface area contributed by atoms with Gasteiger partial charge in [-0.05, 0) is 24.1 Å². The summed E-state index contributed by atoms with van der Waals surface area (Å²) in [6.45, 7) is 2.34. The molecule has 0 spiro atoms. The Labute approximate surface area is 127 Å². The molecule has 0 aliphatic carbocycles. The van der Waals surface area contributed by atoms with Crippen LogP contribution in [0.25, 0.3) is 0 Å². The summed E-state index contributed by atoms with van der Waals surface area (Å²) in [4.78, 5) is 21.5. The summed E-state index contributed by atoms with van der Waals surface area (Å²) in [6.07, 6.45) is 3.69. The summed E-state index contributed by atoms with van der Waals surface area (Å²) in [6, 6.07) is 7.80. The first-order valence-electron chi connectivity index (χ1n) is 6.66. The lowest BCUT2D eigenvalue weighted by Gasteiger charge is -2.27. The molecule has 0 bridgehead atoms. The highest BCUT2D eigenvalue weighted by atomic mass is 35.5. The fraction of sp³-hybridized carbons (Fsp3) is 0.267. The Bertz CT molecular complexity index is 689. The van der Waals surface area contributed by atoms with Crippen LogP contribution in [0.5, 0.6) is 0 Å². The maximum atomic E-state index is 11.1. The van der Waals surface area contributed by atoms with Crippen molar-refractivity contribution in [3.05, 3.63) is 58.1 Å². The fourth-order valence-electron chi connectivity index (χ4n) is 2.44. The van der Waals surface area contributed by atoms with Gasteiger partial charge >= 0.3 is 0 Å². The molecular formula is C15H14ClN4O. The van der Waals surface area contributed by atoms with Crippen LogP contribution in [-0.2, 0) is 19.5 Å². The highest BCUT2D eigenvalue weighted by Gasteiger charge is 2.20. The number of benzene rings is 1. The number of carbonyl (C=O) groups is 1. The van der Waals surface area contributed by atoms with Crippen LogP contribution in [0.4, 0.5) is 0 Å². The van der Waals surface area contributed by atoms with E-state index >= 15 is 0 Å². The molecule has 0 unspecified atom stereocenters. The number of nitrogens with two attached hydrogens (primary N) is 1. The number of carbonyl (C=O) groups excluding carboxylic acids is 1. The van der Waals surface area contributed by atoms with Crippen molar-refractivity contribution >= 4 is 17.5 Å². The van der Waals surface area contributed by atoms with Gasteiger partial charge in [-0.15, -0.1) is 0 Å². The summed E-state index contributed by atoms with van der Waals surface area (Å²) in [7, 11) is 0. The molecule has 0 saturated heterocycles. The highest BCUT2D eigenvalue weighted by Crippen LogP contribution is 2.19. The quantitative estimate of drug-likeness (QED) is 0.934. The number of rotatable bonds is 3. The maximum Gasteiger partial charge on any atom is 0.286 e. The van der Waals surface area contributed by atoms with E-state index in [9.17, 15) is 4.79 Å². The summed E-state index contributed by atoms with van der Waals surface area (Å²) >= 11 is 6.00. The Kier molecular flexibility index (Phi) is 3.86. The summed E-state index contributed by atoms with van der Waals surface area (Å²) in [5.74, 6) is -0.598. The molecule has 3 rings (SSSR count). The van der Waals surface area contributed by atoms with Gasteiger partial charge in [0.15, 0.2) is 0 Å². The normalized spacial score (nSPS) is 14.7. The SMILES string of the molecule is NC(=O)c1n[c]c2c(n1)CN(Cc1cccc(Cl)c1)CC2. The number of aromatic nitrogens is 2. The average Bonchev–Trinajstić information content (AvgIpc) is 2.46. The zero-order valence-corrected chi connectivity index (χ0v) is 12.1. The van der Waals surface area contributed by atoms with E-state index in [1.807, 2.05) is 24.3 Å². The van der Waals surface area contributed by atoms with E-state index in [0.29, 0.717) is 6.54 Å². The van der Waals surface area contributed by atoms with E-state index < -0.39 is 5.91 Å². The number of hydrogen-bond acceptors (Lipinski definition) is 4. The minimum atomic E-state index is -0.624. The second-order valence-electron chi connectivity index (χ2n) is 5.04. The number of hydrogen-bond donors (Lipinski definition) is 1. The highest BCUT2D eigenvalue weighted by molar-refractivity contribution is 6.30. The van der Waals surface area contributed by atoms with Crippen molar-refractivity contribution in [3.8, 4) is 0 Å². The number of amides is 1. The summed E-state index contributed by atoms with van der Waals surface area (Å²) in [5, 5.41) is 0.733. The van der Waals surface area contributed by atoms with Gasteiger partial charge in [0.25, 0.3) is 5.91 Å². The molecule has 2 heterocycles. The van der Waals surface area contributed by atoms with Crippen LogP contribution in [-0.4, -0.2) is 27.3 Å². The van der Waals surface area contributed by atoms with Crippen molar-refractivity contribution in [2.45, 2.75) is 19.5 Å². The Morgan fingerprint density at radius 2 is 2.33 bits per heavy atom. The molecule has 6 heteroatoms. The molecule has 1 aliphatic heterocycles. The molecule has 0 saturated carbocycles. The van der Waals surface area contributed by atoms with E-state index in [4.69, 9.17) is 17.3 Å². The van der Waals surface area contributed by atoms with Crippen LogP contribution < -0.4 is 5.73 Å². The van der Waals surface area contributed by atoms with Gasteiger partial charge in [0.1, 0.15) is 0 Å². The Morgan fingerprint density at radius 1 is 1.48 bits per heavy atom. The Hall–Kier alpha value is -1.98. The minimum absolute atomic E-state index is 0.0263. The molecule has 1 amide bonds. The van der Waals surface area contributed by atoms with Crippen molar-refractivity contribution < 1.29 is 4.79 Å². The second-order valence-corrected chi connectivity index (χ2v) is 5.48. The van der Waals surface area contributed by atoms with Gasteiger partial charge < -0.3 is 5.73 Å². The van der Waals surface area contributed by atoms with Gasteiger partial charge in [-0.2, -0.15) is 0 Å². The zero-order valence-electron chi connectivity index (χ0n) is 11.3. The standard InChI is InChI=1S/C15H14ClN4O/c16-12-3-1-2-10(6-12)8-20-5-4-11-7-18-15(14(17)21)19-13(11)9-20/h1-3,6H,4-5,8-9H2,(H2,17,21). The van der Waals surface area contributed by atoms with Crippen molar-refractivity contribution in [1.82, 2.24) is 14.9 Å². The molecule has 5 nitrogen and oxygen atoms in total. The molecule has 2 aromatic rings. The lowest BCUT2D eigenvalue weighted by atomic mass is 10.1. The number of halogens is 1. The molecular weight excluding hydrogens is 288 g/mol. The van der Waals surface area contributed by atoms with Crippen LogP contribution in [0.2, 0.25) is 5.02 Å². The Morgan fingerprint density at radius 3 is 3.10 bits per heavy atom. The van der Waals surface area contributed by atoms with Crippen molar-refractivity contribution in [3.63, 3.8) is 0 Å². The van der Waals surface area contributed by atoms with Crippen LogP contribution in [0, 0.1) is 6.20 Å². The van der Waals surface area contributed by atoms with Crippen LogP contribution in [0.3, 0.4) is 0 Å². The van der Waals surface area contributed by atoms with Gasteiger partial charge in [-0.3, -0.25) is 9.69 Å². The van der Waals surface area contributed by atoms with Crippen LogP contribution in [0.15, 0.2) is 24.3 Å². The Balaban J connectivity index is 1.77. The molecule has 0 fully saturated rings. The molecule has 1 aromatic carbocycles. The van der Waals surface area contributed by atoms with Gasteiger partial charge in [0, 0.05) is 30.2 Å². The van der Waals surface area contributed by atoms with Crippen molar-refractivity contribution in [2.75, 3.05) is 6.54 Å². The molecule has 1 aliphatic rings.